The van der Waals surface area contributed by atoms with Crippen LogP contribution in [-0.4, -0.2) is 174 Å². The molecule has 12 aromatic rings. The second-order valence-electron chi connectivity index (χ2n) is 35.4. The van der Waals surface area contributed by atoms with E-state index in [4.69, 9.17) is 76.9 Å². The summed E-state index contributed by atoms with van der Waals surface area (Å²) in [6.07, 6.45) is 16.6. The van der Waals surface area contributed by atoms with Crippen molar-refractivity contribution in [3.8, 4) is 46.0 Å². The molecule has 8 aromatic carbocycles. The number of nitrogens with two attached hydrogens (primary N) is 5. The van der Waals surface area contributed by atoms with Crippen molar-refractivity contribution in [1.82, 2.24) is 34.9 Å². The molecular formula is C112H134N12O21. The van der Waals surface area contributed by atoms with Crippen LogP contribution in [0.1, 0.15) is 234 Å². The molecule has 14 rings (SSSR count). The molecule has 768 valence electrons. The molecule has 3 amide bonds. The molecule has 145 heavy (non-hydrogen) atoms. The first-order valence-corrected chi connectivity index (χ1v) is 49.8. The molecule has 2 aliphatic rings. The van der Waals surface area contributed by atoms with Gasteiger partial charge in [-0.2, -0.15) is 0 Å². The monoisotopic (exact) mass is 1980 g/mol. The molecule has 0 atom stereocenters. The highest BCUT2D eigenvalue weighted by molar-refractivity contribution is 5.93. The highest BCUT2D eigenvalue weighted by Crippen LogP contribution is 2.43. The van der Waals surface area contributed by atoms with Gasteiger partial charge in [0.1, 0.15) is 63.1 Å². The van der Waals surface area contributed by atoms with Crippen molar-refractivity contribution >= 4 is 23.7 Å². The number of benzene rings is 8. The van der Waals surface area contributed by atoms with Crippen LogP contribution in [0.25, 0.3) is 0 Å². The predicted octanol–water partition coefficient (Wildman–Crippen LogP) is 13.1. The Morgan fingerprint density at radius 2 is 0.366 bits per heavy atom. The minimum atomic E-state index is -1.34. The third kappa shape index (κ3) is 31.2. The van der Waals surface area contributed by atoms with Crippen molar-refractivity contribution in [3.63, 3.8) is 0 Å². The summed E-state index contributed by atoms with van der Waals surface area (Å²) in [6.45, 7) is 7.73. The second-order valence-corrected chi connectivity index (χ2v) is 35.4. The van der Waals surface area contributed by atoms with Gasteiger partial charge in [-0.1, -0.05) is 170 Å². The van der Waals surface area contributed by atoms with E-state index >= 15 is 0 Å². The smallest absolute Gasteiger partial charge is 0.356 e. The van der Waals surface area contributed by atoms with Gasteiger partial charge in [-0.25, -0.2) is 4.79 Å². The Morgan fingerprint density at radius 1 is 0.221 bits per heavy atom. The maximum atomic E-state index is 12.9. The summed E-state index contributed by atoms with van der Waals surface area (Å²) in [4.78, 5) is 95.2. The average molecular weight is 1980 g/mol. The maximum absolute atomic E-state index is 12.9. The van der Waals surface area contributed by atoms with Gasteiger partial charge in [0.15, 0.2) is 5.69 Å². The number of aromatic carboxylic acids is 1. The molecule has 0 saturated carbocycles. The van der Waals surface area contributed by atoms with Crippen LogP contribution in [0.15, 0.2) is 238 Å². The molecule has 33 heteroatoms. The number of hydrogen-bond donors (Lipinski definition) is 13. The first-order chi connectivity index (χ1) is 70.7. The molecule has 0 saturated heterocycles. The maximum Gasteiger partial charge on any atom is 0.356 e. The van der Waals surface area contributed by atoms with E-state index in [1.165, 1.54) is 42.5 Å². The lowest BCUT2D eigenvalue weighted by Gasteiger charge is -2.23. The van der Waals surface area contributed by atoms with E-state index in [0.717, 1.165) is 212 Å². The van der Waals surface area contributed by atoms with E-state index in [1.807, 2.05) is 48.5 Å². The number of fused-ring (bicyclic) bond motifs is 16. The van der Waals surface area contributed by atoms with Crippen molar-refractivity contribution in [2.45, 2.75) is 154 Å². The minimum absolute atomic E-state index is 0.0856. The van der Waals surface area contributed by atoms with Crippen LogP contribution in [0.5, 0.6) is 46.0 Å². The van der Waals surface area contributed by atoms with Crippen LogP contribution in [0, 0.1) is 0 Å². The Balaban J connectivity index is 0.000000252. The molecule has 0 fully saturated rings. The van der Waals surface area contributed by atoms with E-state index in [0.29, 0.717) is 207 Å². The Hall–Kier alpha value is -15.2. The summed E-state index contributed by atoms with van der Waals surface area (Å²) in [7, 11) is 0. The summed E-state index contributed by atoms with van der Waals surface area (Å²) in [6, 6.07) is 65.9. The van der Waals surface area contributed by atoms with Gasteiger partial charge in [0.25, 0.3) is 40.0 Å². The van der Waals surface area contributed by atoms with Crippen LogP contribution in [0.4, 0.5) is 0 Å². The second kappa shape index (κ2) is 57.2. The fraction of sp³-hybridized carbons (Fsp3) is 0.357. The number of ether oxygens (including phenoxy) is 8. The highest BCUT2D eigenvalue weighted by atomic mass is 16.5. The molecular weight excluding hydrogens is 1850 g/mol. The van der Waals surface area contributed by atoms with Gasteiger partial charge in [0.2, 0.25) is 0 Å². The number of hydrogen-bond acceptors (Lipinski definition) is 25. The lowest BCUT2D eigenvalue weighted by molar-refractivity contribution is 0.0633. The van der Waals surface area contributed by atoms with Crippen LogP contribution in [-0.2, 0) is 51.4 Å². The van der Waals surface area contributed by atoms with Gasteiger partial charge >= 0.3 is 5.97 Å². The number of rotatable bonds is 47. The summed E-state index contributed by atoms with van der Waals surface area (Å²) >= 11 is 0. The average Bonchev–Trinajstić information content (AvgIpc) is 0.787. The van der Waals surface area contributed by atoms with Crippen LogP contribution < -0.4 is 105 Å². The Morgan fingerprint density at radius 3 is 0.517 bits per heavy atom. The Labute approximate surface area is 842 Å². The quantitative estimate of drug-likeness (QED) is 0.0124. The van der Waals surface area contributed by atoms with Crippen LogP contribution in [0.3, 0.4) is 0 Å². The van der Waals surface area contributed by atoms with E-state index in [-0.39, 0.29) is 41.4 Å². The number of nitrogens with one attached hydrogen (secondary N) is 3. The Bertz CT molecular complexity index is 6050. The minimum Gasteiger partial charge on any atom is -0.493 e. The first kappa shape index (κ1) is 109. The standard InChI is InChI=1S/C62H69N7O13.C44H60N4O4.C6H5NO4/c63-30-1-5-34-79-56-42-16-9-17-43(56)39-45-19-11-21-47(58(45)81-36-7-3-32-65-61(74)51-25-14-28-54(71)68(51)77)41-49-23-12-22-48(59(49)82-37-8-4-33-66-62(75)52-26-15-29-55(72)69(52)78)40-46-20-10-18-44(38-42)57(46)80-35-6-2-31-64-60(73)50-24-13-27-53(70)67(50)76;45-21-1-5-25-49-41-33-13-9-14-34(41)30-36-16-11-18-38(43(36)51-27-7-3-23-47)32-40-20-12-19-39(44(40)52-28-8-4-24-48)31-37-17-10-15-35(29-33)42(37)50-26-6-2-22-46;8-5-3-1-2-4(6(9)10)7(5)11/h9-29,76-78H,1-8,30-41,63H2,(H,64,73)(H,65,74)(H,66,75);9-20H,1-8,21-32,45-48H2;1-3,11H,(H,9,10). The number of carbonyl (C=O) groups is 4. The molecule has 33 nitrogen and oxygen atoms in total. The molecule has 0 spiro atoms. The third-order valence-electron chi connectivity index (χ3n) is 24.6. The number of unbranched alkanes of at least 4 members (excludes halogenated alkanes) is 8. The fourth-order valence-electron chi connectivity index (χ4n) is 17.2. The largest absolute Gasteiger partial charge is 0.493 e. The van der Waals surface area contributed by atoms with Gasteiger partial charge in [0, 0.05) is 95.3 Å². The summed E-state index contributed by atoms with van der Waals surface area (Å²) in [5.41, 5.74) is 41.9. The number of aromatic nitrogens is 4. The number of pyridine rings is 4. The number of carboxylic acid groups (broad SMARTS) is 1. The molecule has 0 radical (unpaired) electrons. The molecule has 16 bridgehead atoms. The zero-order valence-electron chi connectivity index (χ0n) is 82.0. The summed E-state index contributed by atoms with van der Waals surface area (Å²) in [5.74, 6) is 3.52. The van der Waals surface area contributed by atoms with Crippen molar-refractivity contribution in [3.05, 3.63) is 372 Å². The molecule has 4 aromatic heterocycles. The number of amides is 3. The first-order valence-electron chi connectivity index (χ1n) is 49.8. The zero-order valence-corrected chi connectivity index (χ0v) is 82.0. The van der Waals surface area contributed by atoms with Crippen LogP contribution >= 0.6 is 0 Å². The van der Waals surface area contributed by atoms with Gasteiger partial charge in [0.05, 0.1) is 52.9 Å². The Kier molecular flexibility index (Phi) is 42.9. The molecule has 0 unspecified atom stereocenters. The third-order valence-corrected chi connectivity index (χ3v) is 24.6. The number of para-hydroxylation sites is 8. The molecule has 0 aliphatic heterocycles. The highest BCUT2D eigenvalue weighted by Gasteiger charge is 2.27. The fourth-order valence-corrected chi connectivity index (χ4v) is 17.2. The van der Waals surface area contributed by atoms with E-state index in [1.54, 1.807) is 0 Å². The summed E-state index contributed by atoms with van der Waals surface area (Å²) in [5, 5.41) is 55.8. The molecule has 4 heterocycles. The zero-order chi connectivity index (χ0) is 103. The summed E-state index contributed by atoms with van der Waals surface area (Å²) < 4.78 is 54.9. The number of nitrogens with zero attached hydrogens (tertiary/aromatic N) is 4. The van der Waals surface area contributed by atoms with Crippen LogP contribution in [0.2, 0.25) is 0 Å². The normalized spacial score (nSPS) is 11.8. The van der Waals surface area contributed by atoms with Gasteiger partial charge in [-0.15, -0.1) is 18.9 Å². The van der Waals surface area contributed by atoms with Gasteiger partial charge in [-0.3, -0.25) is 33.6 Å². The van der Waals surface area contributed by atoms with Gasteiger partial charge < -0.3 is 108 Å². The van der Waals surface area contributed by atoms with E-state index in [9.17, 15) is 54.0 Å². The van der Waals surface area contributed by atoms with Crippen molar-refractivity contribution in [1.29, 1.82) is 0 Å². The number of carbonyl (C=O) groups excluding carboxylic acids is 3. The molecule has 2 aliphatic carbocycles. The van der Waals surface area contributed by atoms with E-state index in [2.05, 4.69) is 113 Å². The lowest BCUT2D eigenvalue weighted by atomic mass is 9.91. The van der Waals surface area contributed by atoms with Crippen molar-refractivity contribution in [2.24, 2.45) is 28.7 Å². The predicted molar refractivity (Wildman–Crippen MR) is 553 cm³/mol. The van der Waals surface area contributed by atoms with E-state index < -0.39 is 51.6 Å². The topological polar surface area (TPSA) is 497 Å². The van der Waals surface area contributed by atoms with Crippen molar-refractivity contribution < 1.29 is 83.0 Å². The SMILES string of the molecule is NCCCCOc1c2cccc1Cc1cccc(c1OCCCCN)Cc1cccc(c1OCCCCN)Cc1cccc(c1OCCCCN)C2.NCCCCOc1c2cccc1Cc1cccc(c1OCCCCNC(=O)c1cccc(=O)n1O)Cc1cccc(c1OCCCCNC(=O)c1cccc(=O)n1O)Cc1cccc(c1OCCCCNC(=O)c1cccc(=O)n1O)C2.O=C(O)c1cccc(=O)n1O. The van der Waals surface area contributed by atoms with Crippen molar-refractivity contribution in [2.75, 3.05) is 105 Å². The lowest BCUT2D eigenvalue weighted by Crippen LogP contribution is -2.31. The number of carboxylic acids is 1. The molecule has 18 N–H and O–H groups in total. The van der Waals surface area contributed by atoms with Gasteiger partial charge in [-0.05, 0) is 249 Å².